The second-order valence-electron chi connectivity index (χ2n) is 1.39. The highest BCUT2D eigenvalue weighted by Gasteiger charge is 2.11. The fourth-order valence-corrected chi connectivity index (χ4v) is 0.525. The first-order chi connectivity index (χ1) is 5.33. The van der Waals surface area contributed by atoms with E-state index in [1.165, 1.54) is 12.2 Å². The molecule has 72 valence electrons. The van der Waals surface area contributed by atoms with Gasteiger partial charge in [-0.15, -0.1) is 11.6 Å². The highest BCUT2D eigenvalue weighted by molar-refractivity contribution is 6.68. The van der Waals surface area contributed by atoms with Crippen molar-refractivity contribution in [2.45, 2.75) is 3.79 Å². The zero-order valence-electron chi connectivity index (χ0n) is 5.84. The number of rotatable bonds is 1. The van der Waals surface area contributed by atoms with E-state index in [4.69, 9.17) is 69.6 Å². The minimum atomic E-state index is -1.28. The smallest absolute Gasteiger partial charge is 0.122 e. The zero-order valence-corrected chi connectivity index (χ0v) is 10.4. The summed E-state index contributed by atoms with van der Waals surface area (Å²) in [4.78, 5) is 0. The lowest BCUT2D eigenvalue weighted by Gasteiger charge is -1.97. The Morgan fingerprint density at radius 2 is 1.58 bits per heavy atom. The van der Waals surface area contributed by atoms with Gasteiger partial charge in [0, 0.05) is 5.88 Å². The maximum Gasteiger partial charge on any atom is 0.208 e. The van der Waals surface area contributed by atoms with Crippen molar-refractivity contribution < 1.29 is 0 Å². The van der Waals surface area contributed by atoms with Crippen molar-refractivity contribution in [3.05, 3.63) is 23.2 Å². The maximum atomic E-state index is 5.15. The third-order valence-corrected chi connectivity index (χ3v) is 1.39. The van der Waals surface area contributed by atoms with Crippen LogP contribution in [-0.4, -0.2) is 9.67 Å². The molecule has 0 unspecified atom stereocenters. The summed E-state index contributed by atoms with van der Waals surface area (Å²) in [5, 5.41) is 0. The van der Waals surface area contributed by atoms with Crippen LogP contribution in [-0.2, 0) is 0 Å². The van der Waals surface area contributed by atoms with Crippen molar-refractivity contribution >= 4 is 69.6 Å². The van der Waals surface area contributed by atoms with Crippen LogP contribution in [0.25, 0.3) is 0 Å². The van der Waals surface area contributed by atoms with E-state index in [9.17, 15) is 0 Å². The van der Waals surface area contributed by atoms with Crippen LogP contribution >= 0.6 is 69.6 Å². The van der Waals surface area contributed by atoms with E-state index in [0.717, 1.165) is 0 Å². The number of allylic oxidation sites excluding steroid dienone is 2. The van der Waals surface area contributed by atoms with E-state index in [1.54, 1.807) is 0 Å². The molecular formula is C6H6Cl6. The van der Waals surface area contributed by atoms with Crippen LogP contribution in [0.4, 0.5) is 0 Å². The molecule has 0 aliphatic rings. The Bertz CT molecular complexity index is 141. The van der Waals surface area contributed by atoms with Gasteiger partial charge in [0.2, 0.25) is 3.79 Å². The third-order valence-electron chi connectivity index (χ3n) is 0.463. The Balaban J connectivity index is 0. The minimum absolute atomic E-state index is 0.227. The summed E-state index contributed by atoms with van der Waals surface area (Å²) >= 11 is 30.8. The van der Waals surface area contributed by atoms with Gasteiger partial charge in [0.05, 0.1) is 0 Å². The molecule has 0 aliphatic heterocycles. The molecule has 0 amide bonds. The third kappa shape index (κ3) is 22.5. The van der Waals surface area contributed by atoms with Crippen LogP contribution in [0, 0.1) is 0 Å². The molecule has 0 radical (unpaired) electrons. The largest absolute Gasteiger partial charge is 0.208 e. The summed E-state index contributed by atoms with van der Waals surface area (Å²) < 4.78 is -1.05. The van der Waals surface area contributed by atoms with E-state index in [-0.39, 0.29) is 4.49 Å². The Morgan fingerprint density at radius 1 is 1.25 bits per heavy atom. The average molecular weight is 291 g/mol. The SMILES string of the molecule is C=CC(Cl)(Cl)Cl.ClCC=C(Cl)Cl. The highest BCUT2D eigenvalue weighted by atomic mass is 35.6. The van der Waals surface area contributed by atoms with Crippen molar-refractivity contribution in [1.82, 2.24) is 0 Å². The van der Waals surface area contributed by atoms with Crippen molar-refractivity contribution in [1.29, 1.82) is 0 Å². The van der Waals surface area contributed by atoms with Crippen LogP contribution in [0.3, 0.4) is 0 Å². The molecular weight excluding hydrogens is 285 g/mol. The summed E-state index contributed by atoms with van der Waals surface area (Å²) in [6, 6.07) is 0. The molecule has 0 bridgehead atoms. The van der Waals surface area contributed by atoms with Gasteiger partial charge < -0.3 is 0 Å². The van der Waals surface area contributed by atoms with Gasteiger partial charge in [0.25, 0.3) is 0 Å². The van der Waals surface area contributed by atoms with E-state index < -0.39 is 3.79 Å². The van der Waals surface area contributed by atoms with E-state index in [0.29, 0.717) is 5.88 Å². The molecule has 0 aliphatic carbocycles. The number of hydrogen-bond acceptors (Lipinski definition) is 0. The molecule has 0 aromatic heterocycles. The molecule has 0 fully saturated rings. The lowest BCUT2D eigenvalue weighted by Crippen LogP contribution is -1.91. The lowest BCUT2D eigenvalue weighted by atomic mass is 10.7. The van der Waals surface area contributed by atoms with Crippen LogP contribution in [0.15, 0.2) is 23.2 Å². The van der Waals surface area contributed by atoms with Gasteiger partial charge >= 0.3 is 0 Å². The molecule has 0 heterocycles. The second-order valence-corrected chi connectivity index (χ2v) is 5.08. The lowest BCUT2D eigenvalue weighted by molar-refractivity contribution is 1.48. The highest BCUT2D eigenvalue weighted by Crippen LogP contribution is 2.25. The quantitative estimate of drug-likeness (QED) is 0.466. The minimum Gasteiger partial charge on any atom is -0.122 e. The fraction of sp³-hybridized carbons (Fsp3) is 0.333. The van der Waals surface area contributed by atoms with Gasteiger partial charge in [-0.3, -0.25) is 0 Å². The van der Waals surface area contributed by atoms with E-state index in [1.807, 2.05) is 0 Å². The predicted molar refractivity (Wildman–Crippen MR) is 61.0 cm³/mol. The van der Waals surface area contributed by atoms with Crippen LogP contribution < -0.4 is 0 Å². The number of hydrogen-bond donors (Lipinski definition) is 0. The predicted octanol–water partition coefficient (Wildman–Crippen LogP) is 5.09. The molecule has 0 aromatic rings. The normalized spacial score (nSPS) is 9.50. The summed E-state index contributed by atoms with van der Waals surface area (Å²) in [5.41, 5.74) is 0. The zero-order chi connectivity index (χ0) is 10.2. The van der Waals surface area contributed by atoms with Crippen molar-refractivity contribution in [3.63, 3.8) is 0 Å². The number of halogens is 6. The van der Waals surface area contributed by atoms with Crippen molar-refractivity contribution in [3.8, 4) is 0 Å². The number of alkyl halides is 4. The summed E-state index contributed by atoms with van der Waals surface area (Å²) in [7, 11) is 0. The summed E-state index contributed by atoms with van der Waals surface area (Å²) in [5.74, 6) is 0.377. The fourth-order valence-electron chi connectivity index (χ4n) is 0.0583. The molecule has 0 N–H and O–H groups in total. The topological polar surface area (TPSA) is 0 Å². The van der Waals surface area contributed by atoms with Gasteiger partial charge in [-0.25, -0.2) is 0 Å². The molecule has 0 nitrogen and oxygen atoms in total. The standard InChI is InChI=1S/2C3H3Cl3/c1-2-3(4,5)6;4-2-1-3(5)6/h2H,1H2;1H,2H2. The summed E-state index contributed by atoms with van der Waals surface area (Å²) in [6.45, 7) is 3.24. The molecule has 0 aromatic carbocycles. The first-order valence-electron chi connectivity index (χ1n) is 2.61. The molecule has 0 rings (SSSR count). The van der Waals surface area contributed by atoms with Gasteiger partial charge in [0.15, 0.2) is 0 Å². The van der Waals surface area contributed by atoms with Gasteiger partial charge in [0.1, 0.15) is 4.49 Å². The van der Waals surface area contributed by atoms with Crippen LogP contribution in [0.1, 0.15) is 0 Å². The Hall–Kier alpha value is 1.22. The average Bonchev–Trinajstić information content (AvgIpc) is 1.87. The summed E-state index contributed by atoms with van der Waals surface area (Å²) in [6.07, 6.45) is 2.74. The van der Waals surface area contributed by atoms with Gasteiger partial charge in [-0.05, 0) is 12.2 Å². The van der Waals surface area contributed by atoms with Crippen molar-refractivity contribution in [2.75, 3.05) is 5.88 Å². The van der Waals surface area contributed by atoms with Crippen LogP contribution in [0.5, 0.6) is 0 Å². The molecule has 0 spiro atoms. The molecule has 0 atom stereocenters. The Morgan fingerprint density at radius 3 is 1.58 bits per heavy atom. The Kier molecular flexibility index (Phi) is 11.5. The monoisotopic (exact) mass is 288 g/mol. The van der Waals surface area contributed by atoms with E-state index in [2.05, 4.69) is 6.58 Å². The van der Waals surface area contributed by atoms with Crippen LogP contribution in [0.2, 0.25) is 0 Å². The maximum absolute atomic E-state index is 5.15. The van der Waals surface area contributed by atoms with Crippen molar-refractivity contribution in [2.24, 2.45) is 0 Å². The van der Waals surface area contributed by atoms with Gasteiger partial charge in [-0.2, -0.15) is 0 Å². The first kappa shape index (κ1) is 15.7. The van der Waals surface area contributed by atoms with Gasteiger partial charge in [-0.1, -0.05) is 64.6 Å². The second kappa shape index (κ2) is 8.80. The molecule has 0 saturated heterocycles. The molecule has 12 heavy (non-hydrogen) atoms. The Labute approximate surface area is 102 Å². The molecule has 6 heteroatoms. The first-order valence-corrected chi connectivity index (χ1v) is 5.03. The van der Waals surface area contributed by atoms with E-state index >= 15 is 0 Å². The molecule has 0 saturated carbocycles.